The average Bonchev–Trinajstić information content (AvgIpc) is 2.68. The molecule has 31 heavy (non-hydrogen) atoms. The third-order valence-electron chi connectivity index (χ3n) is 3.98. The standard InChI is InChI=1S/C19H26F2N4O2.2C2H6/c1-3-4-13(22)5-6-17(23)25-18(26)9-14-8-15(7-12(2)24-14)27-16-10-19(20,21)11-16;2*1-2/h5-8,16H,3-4,9-11,22-23H2,1-2H3,(H,25,26);2*1-2H3/b13-5-,17-6+;;. The quantitative estimate of drug-likeness (QED) is 0.508. The van der Waals surface area contributed by atoms with Gasteiger partial charge in [0.15, 0.2) is 0 Å². The minimum Gasteiger partial charge on any atom is -0.490 e. The zero-order chi connectivity index (χ0) is 24.0. The van der Waals surface area contributed by atoms with Gasteiger partial charge in [-0.05, 0) is 25.5 Å². The first-order valence-electron chi connectivity index (χ1n) is 10.9. The molecule has 0 atom stereocenters. The van der Waals surface area contributed by atoms with Gasteiger partial charge in [0.1, 0.15) is 17.7 Å². The number of nitrogens with zero attached hydrogens (tertiary/aromatic N) is 1. The van der Waals surface area contributed by atoms with Crippen molar-refractivity contribution in [3.05, 3.63) is 47.2 Å². The number of aromatic nitrogens is 1. The van der Waals surface area contributed by atoms with Crippen molar-refractivity contribution in [2.45, 2.75) is 85.7 Å². The van der Waals surface area contributed by atoms with E-state index in [-0.39, 0.29) is 31.0 Å². The number of amides is 1. The van der Waals surface area contributed by atoms with Gasteiger partial charge in [-0.15, -0.1) is 0 Å². The number of alkyl halides is 2. The molecule has 1 fully saturated rings. The van der Waals surface area contributed by atoms with E-state index in [4.69, 9.17) is 16.2 Å². The molecule has 1 aliphatic rings. The first-order chi connectivity index (χ1) is 14.7. The summed E-state index contributed by atoms with van der Waals surface area (Å²) in [6.07, 6.45) is 3.76. The average molecular weight is 441 g/mol. The highest BCUT2D eigenvalue weighted by molar-refractivity contribution is 5.79. The van der Waals surface area contributed by atoms with E-state index in [0.717, 1.165) is 12.8 Å². The molecule has 1 aliphatic carbocycles. The second-order valence-corrected chi connectivity index (χ2v) is 6.78. The van der Waals surface area contributed by atoms with Gasteiger partial charge in [-0.1, -0.05) is 41.0 Å². The highest BCUT2D eigenvalue weighted by Crippen LogP contribution is 2.39. The van der Waals surface area contributed by atoms with Crippen LogP contribution in [0.5, 0.6) is 5.75 Å². The van der Waals surface area contributed by atoms with Crippen LogP contribution in [0.15, 0.2) is 35.8 Å². The normalized spacial score (nSPS) is 15.5. The zero-order valence-electron chi connectivity index (χ0n) is 19.6. The Labute approximate surface area is 185 Å². The van der Waals surface area contributed by atoms with Crippen molar-refractivity contribution in [1.29, 1.82) is 0 Å². The van der Waals surface area contributed by atoms with Gasteiger partial charge in [-0.3, -0.25) is 9.78 Å². The Kier molecular flexibility index (Phi) is 13.2. The molecule has 6 nitrogen and oxygen atoms in total. The molecule has 8 heteroatoms. The van der Waals surface area contributed by atoms with Crippen LogP contribution in [0, 0.1) is 6.92 Å². The molecule has 1 heterocycles. The lowest BCUT2D eigenvalue weighted by atomic mass is 9.91. The topological polar surface area (TPSA) is 103 Å². The molecule has 0 saturated heterocycles. The molecular formula is C23H38F2N4O2. The lowest BCUT2D eigenvalue weighted by molar-refractivity contribution is -0.134. The first-order valence-corrected chi connectivity index (χ1v) is 10.9. The lowest BCUT2D eigenvalue weighted by Gasteiger charge is -2.34. The largest absolute Gasteiger partial charge is 0.490 e. The summed E-state index contributed by atoms with van der Waals surface area (Å²) in [5.41, 5.74) is 13.3. The van der Waals surface area contributed by atoms with Crippen molar-refractivity contribution in [3.8, 4) is 5.75 Å². The van der Waals surface area contributed by atoms with Gasteiger partial charge >= 0.3 is 0 Å². The molecule has 1 aromatic rings. The number of hydrogen-bond acceptors (Lipinski definition) is 5. The fourth-order valence-electron chi connectivity index (χ4n) is 2.72. The fourth-order valence-corrected chi connectivity index (χ4v) is 2.72. The fraction of sp³-hybridized carbons (Fsp3) is 0.565. The van der Waals surface area contributed by atoms with Gasteiger partial charge in [-0.2, -0.15) is 0 Å². The predicted octanol–water partition coefficient (Wildman–Crippen LogP) is 4.72. The van der Waals surface area contributed by atoms with Crippen molar-refractivity contribution >= 4 is 5.91 Å². The Balaban J connectivity index is 0.00000212. The smallest absolute Gasteiger partial charge is 0.255 e. The number of rotatable bonds is 8. The van der Waals surface area contributed by atoms with Crippen LogP contribution in [-0.2, 0) is 11.2 Å². The summed E-state index contributed by atoms with van der Waals surface area (Å²) < 4.78 is 31.4. The Morgan fingerprint density at radius 3 is 2.39 bits per heavy atom. The number of pyridine rings is 1. The molecule has 0 aliphatic heterocycles. The van der Waals surface area contributed by atoms with E-state index in [1.165, 1.54) is 6.08 Å². The van der Waals surface area contributed by atoms with Crippen molar-refractivity contribution in [3.63, 3.8) is 0 Å². The third-order valence-corrected chi connectivity index (χ3v) is 3.98. The van der Waals surface area contributed by atoms with Gasteiger partial charge in [-0.25, -0.2) is 8.78 Å². The summed E-state index contributed by atoms with van der Waals surface area (Å²) in [6, 6.07) is 3.25. The van der Waals surface area contributed by atoms with Gasteiger partial charge in [0.2, 0.25) is 5.91 Å². The van der Waals surface area contributed by atoms with E-state index >= 15 is 0 Å². The maximum Gasteiger partial charge on any atom is 0.255 e. The molecular weight excluding hydrogens is 402 g/mol. The predicted molar refractivity (Wildman–Crippen MR) is 122 cm³/mol. The third kappa shape index (κ3) is 11.4. The van der Waals surface area contributed by atoms with Gasteiger partial charge in [0, 0.05) is 36.4 Å². The molecule has 0 aromatic carbocycles. The summed E-state index contributed by atoms with van der Waals surface area (Å²) in [6.45, 7) is 11.8. The van der Waals surface area contributed by atoms with E-state index in [9.17, 15) is 13.6 Å². The molecule has 5 N–H and O–H groups in total. The monoisotopic (exact) mass is 440 g/mol. The number of ether oxygens (including phenoxy) is 1. The van der Waals surface area contributed by atoms with Crippen LogP contribution in [0.25, 0.3) is 0 Å². The van der Waals surface area contributed by atoms with E-state index in [1.54, 1.807) is 25.1 Å². The molecule has 1 amide bonds. The Hall–Kier alpha value is -2.64. The van der Waals surface area contributed by atoms with Crippen LogP contribution in [-0.4, -0.2) is 22.9 Å². The molecule has 1 aromatic heterocycles. The maximum absolute atomic E-state index is 12.9. The Morgan fingerprint density at radius 2 is 1.84 bits per heavy atom. The molecule has 1 saturated carbocycles. The number of aryl methyl sites for hydroxylation is 1. The number of hydrogen-bond donors (Lipinski definition) is 3. The number of carbonyl (C=O) groups excluding carboxylic acids is 1. The zero-order valence-corrected chi connectivity index (χ0v) is 19.6. The SMILES string of the molecule is CC.CC.CCC/C(N)=C/C=C(\N)NC(=O)Cc1cc(OC2CC(F)(F)C2)cc(C)n1. The summed E-state index contributed by atoms with van der Waals surface area (Å²) in [4.78, 5) is 16.4. The minimum absolute atomic E-state index is 0.0123. The van der Waals surface area contributed by atoms with Crippen LogP contribution in [0.2, 0.25) is 0 Å². The van der Waals surface area contributed by atoms with Crippen LogP contribution >= 0.6 is 0 Å². The number of allylic oxidation sites excluding steroid dienone is 3. The lowest BCUT2D eigenvalue weighted by Crippen LogP contribution is -2.43. The van der Waals surface area contributed by atoms with Gasteiger partial charge in [0.05, 0.1) is 12.1 Å². The van der Waals surface area contributed by atoms with Crippen molar-refractivity contribution in [2.24, 2.45) is 11.5 Å². The Morgan fingerprint density at radius 1 is 1.23 bits per heavy atom. The van der Waals surface area contributed by atoms with E-state index in [1.807, 2.05) is 34.6 Å². The van der Waals surface area contributed by atoms with E-state index < -0.39 is 12.0 Å². The van der Waals surface area contributed by atoms with Crippen molar-refractivity contribution in [1.82, 2.24) is 10.3 Å². The van der Waals surface area contributed by atoms with Crippen molar-refractivity contribution < 1.29 is 18.3 Å². The molecule has 0 bridgehead atoms. The number of nitrogens with two attached hydrogens (primary N) is 2. The number of carbonyl (C=O) groups is 1. The van der Waals surface area contributed by atoms with Gasteiger partial charge < -0.3 is 21.5 Å². The molecule has 0 radical (unpaired) electrons. The molecule has 0 unspecified atom stereocenters. The minimum atomic E-state index is -2.64. The number of nitrogens with one attached hydrogen (secondary N) is 1. The molecule has 176 valence electrons. The van der Waals surface area contributed by atoms with E-state index in [0.29, 0.717) is 22.8 Å². The van der Waals surface area contributed by atoms with Crippen molar-refractivity contribution in [2.75, 3.05) is 0 Å². The second kappa shape index (κ2) is 14.4. The summed E-state index contributed by atoms with van der Waals surface area (Å²) in [5.74, 6) is -2.37. The first kappa shape index (κ1) is 28.4. The maximum atomic E-state index is 12.9. The highest BCUT2D eigenvalue weighted by Gasteiger charge is 2.47. The second-order valence-electron chi connectivity index (χ2n) is 6.78. The highest BCUT2D eigenvalue weighted by atomic mass is 19.3. The van der Waals surface area contributed by atoms with E-state index in [2.05, 4.69) is 10.3 Å². The van der Waals surface area contributed by atoms with Crippen LogP contribution in [0.3, 0.4) is 0 Å². The summed E-state index contributed by atoms with van der Waals surface area (Å²) in [7, 11) is 0. The number of halogens is 2. The van der Waals surface area contributed by atoms with Crippen LogP contribution in [0.4, 0.5) is 8.78 Å². The Bertz CT molecular complexity index is 741. The van der Waals surface area contributed by atoms with Crippen LogP contribution < -0.4 is 21.5 Å². The molecule has 0 spiro atoms. The summed E-state index contributed by atoms with van der Waals surface area (Å²) >= 11 is 0. The van der Waals surface area contributed by atoms with Gasteiger partial charge in [0.25, 0.3) is 5.92 Å². The van der Waals surface area contributed by atoms with Crippen LogP contribution in [0.1, 0.15) is 71.7 Å². The summed E-state index contributed by atoms with van der Waals surface area (Å²) in [5, 5.41) is 2.56. The molecule has 2 rings (SSSR count).